The fraction of sp³-hybridized carbons (Fsp3) is 0.412. The Hall–Kier alpha value is -2.14. The van der Waals surface area contributed by atoms with Crippen molar-refractivity contribution in [1.82, 2.24) is 15.1 Å². The van der Waals surface area contributed by atoms with E-state index < -0.39 is 0 Å². The molecule has 5 heteroatoms. The number of nitrogens with one attached hydrogen (secondary N) is 1. The molecule has 1 atom stereocenters. The van der Waals surface area contributed by atoms with Gasteiger partial charge in [-0.2, -0.15) is 5.10 Å². The van der Waals surface area contributed by atoms with E-state index >= 15 is 0 Å². The molecule has 1 aromatic heterocycles. The molecule has 0 spiro atoms. The Bertz CT molecular complexity index is 647. The van der Waals surface area contributed by atoms with Crippen LogP contribution in [0.5, 0.6) is 0 Å². The monoisotopic (exact) mass is 299 g/mol. The summed E-state index contributed by atoms with van der Waals surface area (Å²) in [4.78, 5) is 12.5. The Morgan fingerprint density at radius 2 is 2.14 bits per heavy atom. The molecule has 3 rings (SSSR count). The van der Waals surface area contributed by atoms with E-state index in [9.17, 15) is 4.79 Å². The van der Waals surface area contributed by atoms with E-state index in [1.54, 1.807) is 10.9 Å². The van der Waals surface area contributed by atoms with Crippen molar-refractivity contribution in [2.24, 2.45) is 5.92 Å². The van der Waals surface area contributed by atoms with E-state index in [1.165, 1.54) is 0 Å². The van der Waals surface area contributed by atoms with Crippen LogP contribution in [0.2, 0.25) is 0 Å². The van der Waals surface area contributed by atoms with Crippen LogP contribution >= 0.6 is 0 Å². The van der Waals surface area contributed by atoms with E-state index in [0.29, 0.717) is 17.9 Å². The van der Waals surface area contributed by atoms with Gasteiger partial charge in [0.15, 0.2) is 0 Å². The molecule has 1 fully saturated rings. The molecule has 2 aromatic rings. The van der Waals surface area contributed by atoms with Gasteiger partial charge in [0.05, 0.1) is 23.1 Å². The lowest BCUT2D eigenvalue weighted by Gasteiger charge is -2.17. The average molecular weight is 299 g/mol. The number of para-hydroxylation sites is 1. The number of benzene rings is 1. The maximum Gasteiger partial charge on any atom is 0.254 e. The summed E-state index contributed by atoms with van der Waals surface area (Å²) in [6.45, 7) is 2.00. The topological polar surface area (TPSA) is 67.2 Å². The molecule has 0 radical (unpaired) electrons. The lowest BCUT2D eigenvalue weighted by Crippen LogP contribution is -2.37. The van der Waals surface area contributed by atoms with Crippen molar-refractivity contribution in [2.75, 3.05) is 6.61 Å². The van der Waals surface area contributed by atoms with Crippen LogP contribution in [-0.2, 0) is 0 Å². The molecular formula is C17H21N3O2. The van der Waals surface area contributed by atoms with Crippen molar-refractivity contribution in [3.8, 4) is 5.69 Å². The highest BCUT2D eigenvalue weighted by atomic mass is 16.3. The van der Waals surface area contributed by atoms with Gasteiger partial charge in [-0.25, -0.2) is 4.68 Å². The number of hydrogen-bond acceptors (Lipinski definition) is 3. The molecule has 2 N–H and O–H groups in total. The van der Waals surface area contributed by atoms with Gasteiger partial charge in [-0.05, 0) is 44.2 Å². The molecule has 22 heavy (non-hydrogen) atoms. The fourth-order valence-corrected chi connectivity index (χ4v) is 2.77. The Morgan fingerprint density at radius 1 is 1.41 bits per heavy atom. The third-order valence-electron chi connectivity index (χ3n) is 4.20. The van der Waals surface area contributed by atoms with Crippen molar-refractivity contribution in [3.05, 3.63) is 47.8 Å². The predicted octanol–water partition coefficient (Wildman–Crippen LogP) is 2.07. The lowest BCUT2D eigenvalue weighted by atomic mass is 10.1. The standard InChI is InChI=1S/C17H21N3O2/c1-12-15(11-18-20(12)14-5-3-2-4-6-14)17(22)19-16(9-10-21)13-7-8-13/h2-6,11,13,16,21H,7-10H2,1H3,(H,19,22). The number of hydrogen-bond donors (Lipinski definition) is 2. The molecule has 0 bridgehead atoms. The summed E-state index contributed by atoms with van der Waals surface area (Å²) in [6.07, 6.45) is 4.49. The minimum absolute atomic E-state index is 0.0666. The van der Waals surface area contributed by atoms with E-state index in [2.05, 4.69) is 10.4 Å². The summed E-state index contributed by atoms with van der Waals surface area (Å²) < 4.78 is 1.77. The molecule has 0 saturated heterocycles. The molecule has 1 aromatic carbocycles. The number of aromatic nitrogens is 2. The van der Waals surface area contributed by atoms with Crippen molar-refractivity contribution >= 4 is 5.91 Å². The van der Waals surface area contributed by atoms with Crippen molar-refractivity contribution in [1.29, 1.82) is 0 Å². The SMILES string of the molecule is Cc1c(C(=O)NC(CCO)C2CC2)cnn1-c1ccccc1. The van der Waals surface area contributed by atoms with Gasteiger partial charge >= 0.3 is 0 Å². The highest BCUT2D eigenvalue weighted by Gasteiger charge is 2.32. The Balaban J connectivity index is 1.77. The summed E-state index contributed by atoms with van der Waals surface area (Å²) in [6, 6.07) is 9.82. The second-order valence-electron chi connectivity index (χ2n) is 5.82. The molecule has 116 valence electrons. The molecule has 1 saturated carbocycles. The first-order valence-electron chi connectivity index (χ1n) is 7.72. The van der Waals surface area contributed by atoms with Crippen LogP contribution in [0.25, 0.3) is 5.69 Å². The normalized spacial score (nSPS) is 15.5. The van der Waals surface area contributed by atoms with Gasteiger partial charge in [-0.1, -0.05) is 18.2 Å². The molecule has 1 aliphatic rings. The number of nitrogens with zero attached hydrogens (tertiary/aromatic N) is 2. The quantitative estimate of drug-likeness (QED) is 0.858. The number of aliphatic hydroxyl groups is 1. The maximum absolute atomic E-state index is 12.5. The van der Waals surface area contributed by atoms with Crippen molar-refractivity contribution in [2.45, 2.75) is 32.2 Å². The van der Waals surface area contributed by atoms with Crippen molar-refractivity contribution < 1.29 is 9.90 Å². The number of aliphatic hydroxyl groups excluding tert-OH is 1. The number of amides is 1. The first kappa shape index (κ1) is 14.8. The Kier molecular flexibility index (Phi) is 4.24. The molecule has 0 aliphatic heterocycles. The van der Waals surface area contributed by atoms with Crippen LogP contribution in [0.3, 0.4) is 0 Å². The van der Waals surface area contributed by atoms with E-state index in [4.69, 9.17) is 5.11 Å². The van der Waals surface area contributed by atoms with Gasteiger partial charge in [-0.15, -0.1) is 0 Å². The zero-order valence-electron chi connectivity index (χ0n) is 12.7. The van der Waals surface area contributed by atoms with E-state index in [-0.39, 0.29) is 18.6 Å². The van der Waals surface area contributed by atoms with Crippen LogP contribution in [0.1, 0.15) is 35.3 Å². The molecule has 1 unspecified atom stereocenters. The highest BCUT2D eigenvalue weighted by molar-refractivity contribution is 5.95. The maximum atomic E-state index is 12.5. The number of carbonyl (C=O) groups excluding carboxylic acids is 1. The largest absolute Gasteiger partial charge is 0.396 e. The molecular weight excluding hydrogens is 278 g/mol. The first-order chi connectivity index (χ1) is 10.7. The summed E-state index contributed by atoms with van der Waals surface area (Å²) in [5.41, 5.74) is 2.35. The van der Waals surface area contributed by atoms with Gasteiger partial charge in [-0.3, -0.25) is 4.79 Å². The van der Waals surface area contributed by atoms with Crippen molar-refractivity contribution in [3.63, 3.8) is 0 Å². The first-order valence-corrected chi connectivity index (χ1v) is 7.72. The molecule has 5 nitrogen and oxygen atoms in total. The van der Waals surface area contributed by atoms with Crippen LogP contribution in [0.15, 0.2) is 36.5 Å². The lowest BCUT2D eigenvalue weighted by molar-refractivity contribution is 0.0923. The van der Waals surface area contributed by atoms with Gasteiger partial charge in [0.2, 0.25) is 0 Å². The van der Waals surface area contributed by atoms with Crippen LogP contribution in [0, 0.1) is 12.8 Å². The van der Waals surface area contributed by atoms with E-state index in [1.807, 2.05) is 37.3 Å². The summed E-state index contributed by atoms with van der Waals surface area (Å²) in [5.74, 6) is 0.408. The molecule has 1 aliphatic carbocycles. The van der Waals surface area contributed by atoms with E-state index in [0.717, 1.165) is 24.2 Å². The van der Waals surface area contributed by atoms with Gasteiger partial charge in [0.25, 0.3) is 5.91 Å². The Morgan fingerprint density at radius 3 is 2.77 bits per heavy atom. The van der Waals surface area contributed by atoms with Crippen LogP contribution < -0.4 is 5.32 Å². The fourth-order valence-electron chi connectivity index (χ4n) is 2.77. The predicted molar refractivity (Wildman–Crippen MR) is 84.0 cm³/mol. The summed E-state index contributed by atoms with van der Waals surface area (Å²) in [5, 5.41) is 16.5. The number of carbonyl (C=O) groups is 1. The second-order valence-corrected chi connectivity index (χ2v) is 5.82. The highest BCUT2D eigenvalue weighted by Crippen LogP contribution is 2.34. The molecule has 1 heterocycles. The van der Waals surface area contributed by atoms with Gasteiger partial charge < -0.3 is 10.4 Å². The summed E-state index contributed by atoms with van der Waals surface area (Å²) >= 11 is 0. The van der Waals surface area contributed by atoms with Gasteiger partial charge in [0.1, 0.15) is 0 Å². The zero-order chi connectivity index (χ0) is 15.5. The van der Waals surface area contributed by atoms with Gasteiger partial charge in [0, 0.05) is 12.6 Å². The zero-order valence-corrected chi connectivity index (χ0v) is 12.7. The third kappa shape index (κ3) is 3.04. The third-order valence-corrected chi connectivity index (χ3v) is 4.20. The summed E-state index contributed by atoms with van der Waals surface area (Å²) in [7, 11) is 0. The smallest absolute Gasteiger partial charge is 0.254 e. The second kappa shape index (κ2) is 6.32. The van der Waals surface area contributed by atoms with Crippen LogP contribution in [0.4, 0.5) is 0 Å². The molecule has 1 amide bonds. The minimum atomic E-state index is -0.106. The number of rotatable bonds is 6. The average Bonchev–Trinajstić information content (AvgIpc) is 3.30. The Labute approximate surface area is 130 Å². The minimum Gasteiger partial charge on any atom is -0.396 e. The van der Waals surface area contributed by atoms with Crippen LogP contribution in [-0.4, -0.2) is 33.4 Å².